The number of nitrogens with zero attached hydrogens (tertiary/aromatic N) is 7. The highest BCUT2D eigenvalue weighted by atomic mass is 32.1. The van der Waals surface area contributed by atoms with Crippen molar-refractivity contribution in [1.82, 2.24) is 24.5 Å². The van der Waals surface area contributed by atoms with E-state index in [1.165, 1.54) is 10.9 Å². The maximum atomic E-state index is 13.7. The molecule has 0 radical (unpaired) electrons. The zero-order valence-corrected chi connectivity index (χ0v) is 21.6. The van der Waals surface area contributed by atoms with Gasteiger partial charge in [0, 0.05) is 23.7 Å². The Labute approximate surface area is 224 Å². The number of anilines is 1. The molecule has 15 nitrogen and oxygen atoms in total. The molecule has 0 atom stereocenters. The summed E-state index contributed by atoms with van der Waals surface area (Å²) in [5, 5.41) is 32.7. The number of halogens is 3. The molecule has 210 valence electrons. The predicted molar refractivity (Wildman–Crippen MR) is 134 cm³/mol. The number of alkyl halides is 3. The van der Waals surface area contributed by atoms with Crippen molar-refractivity contribution < 1.29 is 32.6 Å². The molecule has 0 aromatic carbocycles. The monoisotopic (exact) mass is 581 g/mol. The lowest BCUT2D eigenvalue weighted by Gasteiger charge is -2.12. The maximum Gasteiger partial charge on any atom is 0.468 e. The van der Waals surface area contributed by atoms with Crippen LogP contribution in [0.3, 0.4) is 0 Å². The number of aromatic nitrogens is 5. The Hall–Kier alpha value is -4.94. The summed E-state index contributed by atoms with van der Waals surface area (Å²) < 4.78 is 43.4. The fourth-order valence-electron chi connectivity index (χ4n) is 4.02. The van der Waals surface area contributed by atoms with Crippen LogP contribution in [-0.2, 0) is 24.1 Å². The van der Waals surface area contributed by atoms with Crippen LogP contribution in [0.25, 0.3) is 21.3 Å². The number of aryl methyl sites for hydroxylation is 2. The SMILES string of the molecule is CCn1cc(-c2cc(C(F)(F)F)nc3sc(C(N)=O)c(NC(=O)Cn4nc([N+](=O)[O-])c([N+](=O)[O-])c4C)c23)c(C)n1. The van der Waals surface area contributed by atoms with Crippen LogP contribution in [0.1, 0.15) is 33.7 Å². The van der Waals surface area contributed by atoms with Crippen molar-refractivity contribution in [2.24, 2.45) is 5.73 Å². The first-order valence-corrected chi connectivity index (χ1v) is 12.0. The molecule has 0 saturated carbocycles. The summed E-state index contributed by atoms with van der Waals surface area (Å²) >= 11 is 0.527. The molecular weight excluding hydrogens is 563 g/mol. The first-order chi connectivity index (χ1) is 18.6. The first kappa shape index (κ1) is 28.1. The molecule has 0 aliphatic carbocycles. The lowest BCUT2D eigenvalue weighted by atomic mass is 10.0. The van der Waals surface area contributed by atoms with E-state index < -0.39 is 51.6 Å². The highest BCUT2D eigenvalue weighted by molar-refractivity contribution is 7.21. The zero-order chi connectivity index (χ0) is 29.7. The lowest BCUT2D eigenvalue weighted by Crippen LogP contribution is -2.22. The maximum absolute atomic E-state index is 13.7. The van der Waals surface area contributed by atoms with Gasteiger partial charge < -0.3 is 21.2 Å². The molecule has 40 heavy (non-hydrogen) atoms. The van der Waals surface area contributed by atoms with E-state index in [0.717, 1.165) is 17.7 Å². The standard InChI is InChI=1S/C21H18F3N9O6S/c1-4-30-6-11(8(2)28-30)10-5-12(21(22,23)24)26-20-14(10)15(17(40-20)18(25)35)27-13(34)7-31-9(3)16(32(36)37)19(29-31)33(38)39/h5-6H,4,7H2,1-3H3,(H2,25,35)(H,27,34). The quantitative estimate of drug-likeness (QED) is 0.230. The van der Waals surface area contributed by atoms with Gasteiger partial charge >= 0.3 is 17.7 Å². The van der Waals surface area contributed by atoms with Crippen molar-refractivity contribution in [2.75, 3.05) is 5.32 Å². The summed E-state index contributed by atoms with van der Waals surface area (Å²) in [7, 11) is 0. The van der Waals surface area contributed by atoms with Gasteiger partial charge in [0.2, 0.25) is 5.91 Å². The molecule has 0 saturated heterocycles. The van der Waals surface area contributed by atoms with Gasteiger partial charge in [-0.1, -0.05) is 0 Å². The number of nitro groups is 2. The second-order valence-electron chi connectivity index (χ2n) is 8.36. The van der Waals surface area contributed by atoms with Gasteiger partial charge in [-0.25, -0.2) is 4.98 Å². The molecule has 4 heterocycles. The average molecular weight is 581 g/mol. The normalized spacial score (nSPS) is 11.7. The van der Waals surface area contributed by atoms with Crippen molar-refractivity contribution in [3.8, 4) is 11.1 Å². The summed E-state index contributed by atoms with van der Waals surface area (Å²) in [6.45, 7) is 4.12. The van der Waals surface area contributed by atoms with E-state index in [4.69, 9.17) is 5.73 Å². The van der Waals surface area contributed by atoms with E-state index in [2.05, 4.69) is 20.5 Å². The minimum absolute atomic E-state index is 0.0203. The molecule has 0 aliphatic heterocycles. The molecule has 0 fully saturated rings. The third-order valence-electron chi connectivity index (χ3n) is 5.81. The third kappa shape index (κ3) is 4.93. The fourth-order valence-corrected chi connectivity index (χ4v) is 5.03. The summed E-state index contributed by atoms with van der Waals surface area (Å²) in [5.74, 6) is -3.10. The van der Waals surface area contributed by atoms with Gasteiger partial charge in [-0.15, -0.1) is 11.3 Å². The van der Waals surface area contributed by atoms with Crippen LogP contribution in [0.4, 0.5) is 30.4 Å². The number of amides is 2. The molecule has 4 aromatic rings. The van der Waals surface area contributed by atoms with Gasteiger partial charge in [-0.05, 0) is 37.3 Å². The van der Waals surface area contributed by atoms with Gasteiger partial charge in [0.05, 0.1) is 21.4 Å². The molecule has 4 aromatic heterocycles. The molecule has 2 amide bonds. The minimum Gasteiger partial charge on any atom is -0.365 e. The number of nitrogens with one attached hydrogen (secondary N) is 1. The lowest BCUT2D eigenvalue weighted by molar-refractivity contribution is -0.424. The van der Waals surface area contributed by atoms with Crippen LogP contribution in [0.2, 0.25) is 0 Å². The first-order valence-electron chi connectivity index (χ1n) is 11.2. The molecule has 0 aliphatic rings. The number of rotatable bonds is 8. The Morgan fingerprint density at radius 3 is 2.33 bits per heavy atom. The number of thiophene rings is 1. The van der Waals surface area contributed by atoms with E-state index in [9.17, 15) is 43.0 Å². The molecule has 19 heteroatoms. The molecule has 0 unspecified atom stereocenters. The fraction of sp³-hybridized carbons (Fsp3) is 0.286. The van der Waals surface area contributed by atoms with Crippen LogP contribution in [0.15, 0.2) is 12.3 Å². The number of hydrogen-bond donors (Lipinski definition) is 2. The summed E-state index contributed by atoms with van der Waals surface area (Å²) in [6, 6.07) is 0.768. The highest BCUT2D eigenvalue weighted by Gasteiger charge is 2.37. The molecule has 0 bridgehead atoms. The van der Waals surface area contributed by atoms with Crippen molar-refractivity contribution in [3.05, 3.63) is 54.5 Å². The van der Waals surface area contributed by atoms with E-state index in [-0.39, 0.29) is 37.6 Å². The van der Waals surface area contributed by atoms with E-state index in [1.807, 2.05) is 0 Å². The Balaban J connectivity index is 1.89. The second-order valence-corrected chi connectivity index (χ2v) is 9.36. The van der Waals surface area contributed by atoms with Gasteiger partial charge in [0.25, 0.3) is 5.91 Å². The van der Waals surface area contributed by atoms with Gasteiger partial charge in [0.15, 0.2) is 0 Å². The largest absolute Gasteiger partial charge is 0.468 e. The molecule has 3 N–H and O–H groups in total. The van der Waals surface area contributed by atoms with Crippen LogP contribution in [0, 0.1) is 34.1 Å². The van der Waals surface area contributed by atoms with E-state index >= 15 is 0 Å². The Kier molecular flexibility index (Phi) is 7.01. The van der Waals surface area contributed by atoms with Crippen LogP contribution in [0.5, 0.6) is 0 Å². The summed E-state index contributed by atoms with van der Waals surface area (Å²) in [5.41, 5.74) is 3.38. The Bertz CT molecular complexity index is 1720. The van der Waals surface area contributed by atoms with Crippen LogP contribution in [-0.4, -0.2) is 46.2 Å². The van der Waals surface area contributed by atoms with E-state index in [0.29, 0.717) is 23.6 Å². The smallest absolute Gasteiger partial charge is 0.365 e. The van der Waals surface area contributed by atoms with Crippen molar-refractivity contribution in [2.45, 2.75) is 40.0 Å². The Morgan fingerprint density at radius 1 is 1.15 bits per heavy atom. The number of fused-ring (bicyclic) bond motifs is 1. The topological polar surface area (TPSA) is 207 Å². The summed E-state index contributed by atoms with van der Waals surface area (Å²) in [6.07, 6.45) is -3.35. The van der Waals surface area contributed by atoms with Crippen molar-refractivity contribution in [1.29, 1.82) is 0 Å². The number of primary amides is 1. The Morgan fingerprint density at radius 2 is 1.82 bits per heavy atom. The number of pyridine rings is 1. The number of carbonyl (C=O) groups excluding carboxylic acids is 2. The number of hydrogen-bond acceptors (Lipinski definition) is 10. The minimum atomic E-state index is -4.85. The predicted octanol–water partition coefficient (Wildman–Crippen LogP) is 3.57. The molecule has 4 rings (SSSR count). The highest BCUT2D eigenvalue weighted by Crippen LogP contribution is 2.44. The van der Waals surface area contributed by atoms with Crippen LogP contribution >= 0.6 is 11.3 Å². The number of nitrogens with two attached hydrogens (primary N) is 1. The van der Waals surface area contributed by atoms with Crippen molar-refractivity contribution in [3.63, 3.8) is 0 Å². The van der Waals surface area contributed by atoms with Crippen molar-refractivity contribution >= 4 is 50.6 Å². The van der Waals surface area contributed by atoms with E-state index in [1.54, 1.807) is 13.8 Å². The van der Waals surface area contributed by atoms with Gasteiger partial charge in [-0.3, -0.25) is 24.4 Å². The number of carbonyl (C=O) groups is 2. The average Bonchev–Trinajstić information content (AvgIpc) is 3.51. The van der Waals surface area contributed by atoms with Crippen LogP contribution < -0.4 is 11.1 Å². The zero-order valence-electron chi connectivity index (χ0n) is 20.8. The summed E-state index contributed by atoms with van der Waals surface area (Å²) in [4.78, 5) is 48.8. The van der Waals surface area contributed by atoms with Gasteiger partial charge in [0.1, 0.15) is 27.6 Å². The third-order valence-corrected chi connectivity index (χ3v) is 6.91. The molecule has 0 spiro atoms. The van der Waals surface area contributed by atoms with Gasteiger partial charge in [-0.2, -0.15) is 23.0 Å². The second kappa shape index (κ2) is 9.98. The molecular formula is C21H18F3N9O6S.